The van der Waals surface area contributed by atoms with Gasteiger partial charge in [-0.2, -0.15) is 18.3 Å². The monoisotopic (exact) mass is 394 g/mol. The molecule has 0 fully saturated rings. The topological polar surface area (TPSA) is 27.1 Å². The fraction of sp³-hybridized carbons (Fsp3) is 0.500. The fourth-order valence-electron chi connectivity index (χ4n) is 1.87. The van der Waals surface area contributed by atoms with Gasteiger partial charge >= 0.3 is 6.18 Å². The maximum absolute atomic E-state index is 12.9. The van der Waals surface area contributed by atoms with Crippen LogP contribution in [0.25, 0.3) is 10.9 Å². The van der Waals surface area contributed by atoms with E-state index in [1.165, 1.54) is 12.3 Å². The first-order valence-electron chi connectivity index (χ1n) is 6.84. The Kier molecular flexibility index (Phi) is 4.75. The van der Waals surface area contributed by atoms with E-state index < -0.39 is 19.8 Å². The van der Waals surface area contributed by atoms with Gasteiger partial charge in [-0.15, -0.1) is 0 Å². The average Bonchev–Trinajstić information content (AvgIpc) is 2.77. The van der Waals surface area contributed by atoms with Crippen molar-refractivity contribution < 1.29 is 17.9 Å². The third-order valence-corrected chi connectivity index (χ3v) is 7.19. The van der Waals surface area contributed by atoms with Crippen LogP contribution in [0, 0.1) is 0 Å². The number of halogens is 4. The van der Waals surface area contributed by atoms with Crippen molar-refractivity contribution in [2.24, 2.45) is 0 Å². The first-order chi connectivity index (χ1) is 10.0. The van der Waals surface area contributed by atoms with Gasteiger partial charge in [0.25, 0.3) is 0 Å². The quantitative estimate of drug-likeness (QED) is 0.677. The number of hydrogen-bond acceptors (Lipinski definition) is 2. The Hall–Kier alpha value is -0.863. The number of nitrogens with zero attached hydrogens (tertiary/aromatic N) is 2. The summed E-state index contributed by atoms with van der Waals surface area (Å²) in [6, 6.07) is 2.49. The number of aromatic nitrogens is 2. The minimum absolute atomic E-state index is 0.0157. The van der Waals surface area contributed by atoms with Crippen LogP contribution in [0.15, 0.2) is 22.8 Å². The van der Waals surface area contributed by atoms with Crippen LogP contribution in [0.2, 0.25) is 19.6 Å². The van der Waals surface area contributed by atoms with Gasteiger partial charge in [0.2, 0.25) is 0 Å². The summed E-state index contributed by atoms with van der Waals surface area (Å²) >= 11 is 3.04. The zero-order valence-electron chi connectivity index (χ0n) is 12.8. The third-order valence-electron chi connectivity index (χ3n) is 3.73. The Labute approximate surface area is 136 Å². The molecule has 1 aromatic carbocycles. The lowest BCUT2D eigenvalue weighted by Gasteiger charge is -2.25. The molecule has 1 atom stereocenters. The van der Waals surface area contributed by atoms with E-state index in [-0.39, 0.29) is 16.9 Å². The second kappa shape index (κ2) is 5.97. The summed E-state index contributed by atoms with van der Waals surface area (Å²) in [6.45, 7) is 8.85. The summed E-state index contributed by atoms with van der Waals surface area (Å²) in [7, 11) is -1.43. The number of fused-ring (bicyclic) bond motifs is 1. The smallest absolute Gasteiger partial charge is 0.360 e. The van der Waals surface area contributed by atoms with Gasteiger partial charge in [-0.05, 0) is 35.0 Å². The molecule has 1 unspecified atom stereocenters. The molecule has 22 heavy (non-hydrogen) atoms. The number of rotatable bonds is 4. The Bertz CT molecular complexity index is 679. The van der Waals surface area contributed by atoms with Crippen molar-refractivity contribution in [3.05, 3.63) is 28.4 Å². The van der Waals surface area contributed by atoms with Crippen molar-refractivity contribution in [3.63, 3.8) is 0 Å². The lowest BCUT2D eigenvalue weighted by atomic mass is 10.1. The van der Waals surface area contributed by atoms with Crippen LogP contribution in [0.3, 0.4) is 0 Å². The van der Waals surface area contributed by atoms with Crippen LogP contribution >= 0.6 is 15.9 Å². The van der Waals surface area contributed by atoms with Crippen LogP contribution in [-0.2, 0) is 17.6 Å². The van der Waals surface area contributed by atoms with E-state index in [9.17, 15) is 13.2 Å². The Morgan fingerprint density at radius 2 is 1.95 bits per heavy atom. The van der Waals surface area contributed by atoms with Crippen LogP contribution in [0.5, 0.6) is 0 Å². The summed E-state index contributed by atoms with van der Waals surface area (Å²) in [5.41, 5.74) is 0.0447. The zero-order valence-corrected chi connectivity index (χ0v) is 15.4. The highest BCUT2D eigenvalue weighted by molar-refractivity contribution is 9.10. The molecule has 8 heteroatoms. The minimum atomic E-state index is -4.39. The molecule has 0 spiro atoms. The molecule has 0 N–H and O–H groups in total. The average molecular weight is 395 g/mol. The summed E-state index contributed by atoms with van der Waals surface area (Å²) in [5, 5.41) is 4.57. The van der Waals surface area contributed by atoms with Gasteiger partial charge in [0.15, 0.2) is 0 Å². The van der Waals surface area contributed by atoms with Gasteiger partial charge in [0.05, 0.1) is 25.4 Å². The van der Waals surface area contributed by atoms with E-state index in [0.717, 1.165) is 6.07 Å². The number of alkyl halides is 3. The first-order valence-corrected chi connectivity index (χ1v) is 11.2. The zero-order chi connectivity index (χ0) is 16.7. The van der Waals surface area contributed by atoms with E-state index in [0.29, 0.717) is 10.9 Å². The predicted octanol–water partition coefficient (Wildman–Crippen LogP) is 5.06. The molecule has 0 radical (unpaired) electrons. The number of benzene rings is 1. The molecule has 2 rings (SSSR count). The second-order valence-electron chi connectivity index (χ2n) is 6.31. The lowest BCUT2D eigenvalue weighted by Crippen LogP contribution is -2.38. The molecule has 122 valence electrons. The van der Waals surface area contributed by atoms with Crippen molar-refractivity contribution >= 4 is 34.9 Å². The number of hydrogen-bond donors (Lipinski definition) is 0. The number of ether oxygens (including phenoxy) is 1. The molecule has 3 nitrogen and oxygen atoms in total. The minimum Gasteiger partial charge on any atom is -0.360 e. The molecule has 0 saturated carbocycles. The highest BCUT2D eigenvalue weighted by Crippen LogP contribution is 2.38. The van der Waals surface area contributed by atoms with Crippen molar-refractivity contribution in [2.75, 3.05) is 0 Å². The first kappa shape index (κ1) is 17.5. The molecule has 2 aromatic rings. The van der Waals surface area contributed by atoms with Crippen LogP contribution in [0.4, 0.5) is 13.2 Å². The van der Waals surface area contributed by atoms with Crippen LogP contribution in [0.1, 0.15) is 12.5 Å². The molecular weight excluding hydrogens is 377 g/mol. The Morgan fingerprint density at radius 1 is 1.32 bits per heavy atom. The molecule has 0 aliphatic carbocycles. The van der Waals surface area contributed by atoms with Gasteiger partial charge in [-0.25, -0.2) is 4.68 Å². The SMILES string of the molecule is CC(OCn1ncc2c(Br)c(C(F)(F)F)ccc21)[Si](C)(C)C. The van der Waals surface area contributed by atoms with E-state index >= 15 is 0 Å². The molecule has 1 aromatic heterocycles. The summed E-state index contributed by atoms with van der Waals surface area (Å²) < 4.78 is 46.1. The van der Waals surface area contributed by atoms with E-state index in [1.54, 1.807) is 4.68 Å². The third kappa shape index (κ3) is 3.55. The highest BCUT2D eigenvalue weighted by Gasteiger charge is 2.34. The van der Waals surface area contributed by atoms with E-state index in [4.69, 9.17) is 4.74 Å². The lowest BCUT2D eigenvalue weighted by molar-refractivity contribution is -0.138. The molecule has 0 saturated heterocycles. The van der Waals surface area contributed by atoms with Crippen molar-refractivity contribution in [1.82, 2.24) is 9.78 Å². The largest absolute Gasteiger partial charge is 0.417 e. The molecular formula is C14H18BrF3N2OSi. The van der Waals surface area contributed by atoms with Gasteiger partial charge in [0.1, 0.15) is 6.73 Å². The molecule has 0 aliphatic rings. The summed E-state index contributed by atoms with van der Waals surface area (Å²) in [6.07, 6.45) is -2.96. The van der Waals surface area contributed by atoms with E-state index in [1.807, 2.05) is 6.92 Å². The highest BCUT2D eigenvalue weighted by atomic mass is 79.9. The maximum Gasteiger partial charge on any atom is 0.417 e. The van der Waals surface area contributed by atoms with Crippen LogP contribution < -0.4 is 0 Å². The van der Waals surface area contributed by atoms with Gasteiger partial charge in [0, 0.05) is 15.6 Å². The summed E-state index contributed by atoms with van der Waals surface area (Å²) in [5.74, 6) is 0. The van der Waals surface area contributed by atoms with Crippen molar-refractivity contribution in [1.29, 1.82) is 0 Å². The standard InChI is InChI=1S/C14H18BrF3N2OSi/c1-9(22(2,3)4)21-8-20-12-6-5-11(14(16,17)18)13(15)10(12)7-19-20/h5-7,9H,8H2,1-4H3. The molecule has 0 aliphatic heterocycles. The fourth-order valence-corrected chi connectivity index (χ4v) is 3.11. The van der Waals surface area contributed by atoms with Gasteiger partial charge in [-0.1, -0.05) is 19.6 Å². The summed E-state index contributed by atoms with van der Waals surface area (Å²) in [4.78, 5) is 0. The van der Waals surface area contributed by atoms with Gasteiger partial charge in [-0.3, -0.25) is 0 Å². The van der Waals surface area contributed by atoms with Crippen LogP contribution in [-0.4, -0.2) is 23.6 Å². The van der Waals surface area contributed by atoms with Crippen molar-refractivity contribution in [2.45, 2.75) is 45.2 Å². The van der Waals surface area contributed by atoms with Crippen molar-refractivity contribution in [3.8, 4) is 0 Å². The normalized spacial score (nSPS) is 14.5. The molecule has 0 bridgehead atoms. The Morgan fingerprint density at radius 3 is 2.50 bits per heavy atom. The molecule has 1 heterocycles. The Balaban J connectivity index is 2.30. The maximum atomic E-state index is 12.9. The predicted molar refractivity (Wildman–Crippen MR) is 86.3 cm³/mol. The second-order valence-corrected chi connectivity index (χ2v) is 12.6. The van der Waals surface area contributed by atoms with E-state index in [2.05, 4.69) is 40.7 Å². The van der Waals surface area contributed by atoms with Gasteiger partial charge < -0.3 is 4.74 Å². The molecule has 0 amide bonds.